The molecule has 0 unspecified atom stereocenters. The van der Waals surface area contributed by atoms with Crippen molar-refractivity contribution in [2.75, 3.05) is 19.7 Å². The summed E-state index contributed by atoms with van der Waals surface area (Å²) in [4.78, 5) is 25.5. The van der Waals surface area contributed by atoms with Gasteiger partial charge in [-0.3, -0.25) is 9.59 Å². The normalized spacial score (nSPS) is 23.1. The molecule has 1 N–H and O–H groups in total. The van der Waals surface area contributed by atoms with Crippen LogP contribution in [0.1, 0.15) is 24.8 Å². The molecule has 0 spiro atoms. The Balaban J connectivity index is 1.74. The summed E-state index contributed by atoms with van der Waals surface area (Å²) in [5.41, 5.74) is 0.474. The molecule has 2 fully saturated rings. The van der Waals surface area contributed by atoms with Crippen LogP contribution in [-0.2, 0) is 19.7 Å². The number of hydrogen-bond acceptors (Lipinski definition) is 3. The number of carbonyl (C=O) groups excluding carboxylic acids is 1. The summed E-state index contributed by atoms with van der Waals surface area (Å²) in [5, 5.41) is 9.50. The van der Waals surface area contributed by atoms with Gasteiger partial charge in [-0.2, -0.15) is 0 Å². The summed E-state index contributed by atoms with van der Waals surface area (Å²) in [5.74, 6) is -0.844. The highest BCUT2D eigenvalue weighted by atomic mass is 35.5. The highest BCUT2D eigenvalue weighted by molar-refractivity contribution is 6.30. The number of benzene rings is 1. The average molecular weight is 324 g/mol. The molecule has 1 amide bonds. The van der Waals surface area contributed by atoms with Gasteiger partial charge in [-0.1, -0.05) is 23.7 Å². The van der Waals surface area contributed by atoms with Crippen LogP contribution in [-0.4, -0.2) is 47.7 Å². The summed E-state index contributed by atoms with van der Waals surface area (Å²) in [6.07, 6.45) is 1.12. The van der Waals surface area contributed by atoms with Crippen LogP contribution >= 0.6 is 11.6 Å². The minimum atomic E-state index is -0.907. The van der Waals surface area contributed by atoms with Gasteiger partial charge in [-0.25, -0.2) is 0 Å². The van der Waals surface area contributed by atoms with Crippen molar-refractivity contribution >= 4 is 23.5 Å². The van der Waals surface area contributed by atoms with E-state index in [1.165, 1.54) is 0 Å². The second-order valence-electron chi connectivity index (χ2n) is 5.93. The number of aliphatic carboxylic acids is 1. The standard InChI is InChI=1S/C16H18ClNO4/c17-12-3-1-2-11(8-12)16(4-5-16)15(21)18-6-7-22-13(10-18)9-14(19)20/h1-3,8,13H,4-7,9-10H2,(H,19,20)/t13-/m0/s1. The average Bonchev–Trinajstić information content (AvgIpc) is 3.28. The summed E-state index contributed by atoms with van der Waals surface area (Å²) in [6, 6.07) is 7.44. The summed E-state index contributed by atoms with van der Waals surface area (Å²) in [6.45, 7) is 1.24. The summed E-state index contributed by atoms with van der Waals surface area (Å²) < 4.78 is 5.43. The molecule has 6 heteroatoms. The SMILES string of the molecule is O=C(O)C[C@H]1CN(C(=O)C2(c3cccc(Cl)c3)CC2)CCO1. The topological polar surface area (TPSA) is 66.8 Å². The van der Waals surface area contributed by atoms with E-state index >= 15 is 0 Å². The molecule has 3 rings (SSSR count). The minimum Gasteiger partial charge on any atom is -0.481 e. The molecule has 1 aromatic rings. The molecule has 1 aromatic carbocycles. The number of hydrogen-bond donors (Lipinski definition) is 1. The van der Waals surface area contributed by atoms with Crippen LogP contribution in [0.25, 0.3) is 0 Å². The Labute approximate surface area is 133 Å². The fraction of sp³-hybridized carbons (Fsp3) is 0.500. The van der Waals surface area contributed by atoms with E-state index in [2.05, 4.69) is 0 Å². The second-order valence-corrected chi connectivity index (χ2v) is 6.37. The van der Waals surface area contributed by atoms with Crippen LogP contribution in [0.5, 0.6) is 0 Å². The van der Waals surface area contributed by atoms with Gasteiger partial charge >= 0.3 is 5.97 Å². The number of nitrogens with zero attached hydrogens (tertiary/aromatic N) is 1. The van der Waals surface area contributed by atoms with Crippen molar-refractivity contribution in [3.8, 4) is 0 Å². The first kappa shape index (κ1) is 15.3. The first-order valence-corrected chi connectivity index (χ1v) is 7.78. The molecule has 1 atom stereocenters. The lowest BCUT2D eigenvalue weighted by molar-refractivity contribution is -0.149. The lowest BCUT2D eigenvalue weighted by atomic mass is 9.94. The maximum absolute atomic E-state index is 12.9. The molecule has 0 radical (unpaired) electrons. The maximum Gasteiger partial charge on any atom is 0.306 e. The van der Waals surface area contributed by atoms with E-state index in [0.717, 1.165) is 18.4 Å². The number of carboxylic acid groups (broad SMARTS) is 1. The predicted octanol–water partition coefficient (Wildman–Crippen LogP) is 2.07. The van der Waals surface area contributed by atoms with E-state index in [1.807, 2.05) is 18.2 Å². The highest BCUT2D eigenvalue weighted by Gasteiger charge is 2.53. The molecule has 1 aliphatic carbocycles. The monoisotopic (exact) mass is 323 g/mol. The minimum absolute atomic E-state index is 0.0634. The van der Waals surface area contributed by atoms with Gasteiger partial charge in [0.15, 0.2) is 0 Å². The summed E-state index contributed by atoms with van der Waals surface area (Å²) >= 11 is 6.04. The molecule has 1 aliphatic heterocycles. The zero-order valence-electron chi connectivity index (χ0n) is 12.1. The van der Waals surface area contributed by atoms with Gasteiger partial charge in [0.25, 0.3) is 0 Å². The van der Waals surface area contributed by atoms with Crippen molar-refractivity contribution in [2.24, 2.45) is 0 Å². The van der Waals surface area contributed by atoms with Crippen LogP contribution in [0.2, 0.25) is 5.02 Å². The third-order valence-electron chi connectivity index (χ3n) is 4.36. The molecule has 0 bridgehead atoms. The largest absolute Gasteiger partial charge is 0.481 e. The number of carbonyl (C=O) groups is 2. The van der Waals surface area contributed by atoms with Crippen molar-refractivity contribution in [3.05, 3.63) is 34.9 Å². The molecule has 0 aromatic heterocycles. The van der Waals surface area contributed by atoms with Crippen LogP contribution in [0, 0.1) is 0 Å². The van der Waals surface area contributed by atoms with Crippen LogP contribution < -0.4 is 0 Å². The number of morpholine rings is 1. The zero-order valence-corrected chi connectivity index (χ0v) is 12.9. The Bertz CT molecular complexity index is 600. The van der Waals surface area contributed by atoms with Gasteiger partial charge in [0.05, 0.1) is 24.5 Å². The Kier molecular flexibility index (Phi) is 4.10. The molecule has 1 heterocycles. The second kappa shape index (κ2) is 5.89. The number of carboxylic acids is 1. The molecule has 5 nitrogen and oxygen atoms in total. The van der Waals surface area contributed by atoms with Gasteiger partial charge in [0.2, 0.25) is 5.91 Å². The molecule has 1 saturated carbocycles. The Morgan fingerprint density at radius 3 is 2.82 bits per heavy atom. The fourth-order valence-corrected chi connectivity index (χ4v) is 3.25. The highest BCUT2D eigenvalue weighted by Crippen LogP contribution is 2.50. The first-order valence-electron chi connectivity index (χ1n) is 7.40. The zero-order chi connectivity index (χ0) is 15.7. The van der Waals surface area contributed by atoms with E-state index in [4.69, 9.17) is 21.4 Å². The fourth-order valence-electron chi connectivity index (χ4n) is 3.06. The maximum atomic E-state index is 12.9. The molecular weight excluding hydrogens is 306 g/mol. The van der Waals surface area contributed by atoms with E-state index in [0.29, 0.717) is 24.7 Å². The summed E-state index contributed by atoms with van der Waals surface area (Å²) in [7, 11) is 0. The number of halogens is 1. The van der Waals surface area contributed by atoms with E-state index in [9.17, 15) is 9.59 Å². The van der Waals surface area contributed by atoms with Gasteiger partial charge in [-0.15, -0.1) is 0 Å². The predicted molar refractivity (Wildman–Crippen MR) is 80.9 cm³/mol. The Morgan fingerprint density at radius 2 is 2.18 bits per heavy atom. The van der Waals surface area contributed by atoms with Crippen molar-refractivity contribution in [1.29, 1.82) is 0 Å². The van der Waals surface area contributed by atoms with Crippen LogP contribution in [0.15, 0.2) is 24.3 Å². The smallest absolute Gasteiger partial charge is 0.306 e. The molecular formula is C16H18ClNO4. The lowest BCUT2D eigenvalue weighted by Crippen LogP contribution is -2.49. The first-order chi connectivity index (χ1) is 10.5. The quantitative estimate of drug-likeness (QED) is 0.921. The van der Waals surface area contributed by atoms with E-state index in [-0.39, 0.29) is 12.3 Å². The third-order valence-corrected chi connectivity index (χ3v) is 4.60. The van der Waals surface area contributed by atoms with Gasteiger partial charge in [-0.05, 0) is 30.5 Å². The van der Waals surface area contributed by atoms with E-state index in [1.54, 1.807) is 11.0 Å². The van der Waals surface area contributed by atoms with Gasteiger partial charge in [0, 0.05) is 18.1 Å². The van der Waals surface area contributed by atoms with Crippen molar-refractivity contribution in [1.82, 2.24) is 4.90 Å². The third kappa shape index (κ3) is 2.96. The Morgan fingerprint density at radius 1 is 1.41 bits per heavy atom. The van der Waals surface area contributed by atoms with E-state index < -0.39 is 17.5 Å². The van der Waals surface area contributed by atoms with Crippen LogP contribution in [0.3, 0.4) is 0 Å². The molecule has 2 aliphatic rings. The van der Waals surface area contributed by atoms with Crippen molar-refractivity contribution in [2.45, 2.75) is 30.8 Å². The lowest BCUT2D eigenvalue weighted by Gasteiger charge is -2.35. The number of amides is 1. The van der Waals surface area contributed by atoms with Crippen molar-refractivity contribution in [3.63, 3.8) is 0 Å². The van der Waals surface area contributed by atoms with Gasteiger partial charge in [0.1, 0.15) is 0 Å². The molecule has 118 valence electrons. The van der Waals surface area contributed by atoms with Gasteiger partial charge < -0.3 is 14.7 Å². The number of rotatable bonds is 4. The Hall–Kier alpha value is -1.59. The number of ether oxygens (including phenoxy) is 1. The van der Waals surface area contributed by atoms with Crippen LogP contribution in [0.4, 0.5) is 0 Å². The molecule has 22 heavy (non-hydrogen) atoms. The van der Waals surface area contributed by atoms with Crippen molar-refractivity contribution < 1.29 is 19.4 Å². The molecule has 1 saturated heterocycles.